The SMILES string of the molecule is CC(C)(N)COB(O)O. The maximum absolute atomic E-state index is 8.19. The van der Waals surface area contributed by atoms with E-state index in [1.807, 2.05) is 0 Å². The molecule has 9 heavy (non-hydrogen) atoms. The van der Waals surface area contributed by atoms with Crippen LogP contribution in [0.15, 0.2) is 0 Å². The van der Waals surface area contributed by atoms with Crippen LogP contribution in [0.2, 0.25) is 0 Å². The monoisotopic (exact) mass is 133 g/mol. The first-order chi connectivity index (χ1) is 3.92. The lowest BCUT2D eigenvalue weighted by atomic mass is 10.1. The van der Waals surface area contributed by atoms with E-state index in [2.05, 4.69) is 4.65 Å². The zero-order valence-corrected chi connectivity index (χ0v) is 5.66. The Morgan fingerprint density at radius 3 is 2.11 bits per heavy atom. The van der Waals surface area contributed by atoms with Crippen LogP contribution in [0, 0.1) is 0 Å². The third-order valence-corrected chi connectivity index (χ3v) is 0.604. The van der Waals surface area contributed by atoms with E-state index in [1.54, 1.807) is 13.8 Å². The summed E-state index contributed by atoms with van der Waals surface area (Å²) < 4.78 is 4.39. The summed E-state index contributed by atoms with van der Waals surface area (Å²) in [5, 5.41) is 16.4. The van der Waals surface area contributed by atoms with E-state index >= 15 is 0 Å². The molecule has 0 fully saturated rings. The van der Waals surface area contributed by atoms with E-state index in [0.29, 0.717) is 0 Å². The van der Waals surface area contributed by atoms with Crippen LogP contribution in [0.1, 0.15) is 13.8 Å². The van der Waals surface area contributed by atoms with Gasteiger partial charge in [0.1, 0.15) is 0 Å². The summed E-state index contributed by atoms with van der Waals surface area (Å²) >= 11 is 0. The predicted molar refractivity (Wildman–Crippen MR) is 34.4 cm³/mol. The highest BCUT2D eigenvalue weighted by molar-refractivity contribution is 6.32. The average molecular weight is 133 g/mol. The van der Waals surface area contributed by atoms with Gasteiger partial charge >= 0.3 is 7.32 Å². The number of nitrogens with two attached hydrogens (primary N) is 1. The highest BCUT2D eigenvalue weighted by Crippen LogP contribution is 1.96. The zero-order chi connectivity index (χ0) is 7.49. The van der Waals surface area contributed by atoms with E-state index in [4.69, 9.17) is 15.8 Å². The van der Waals surface area contributed by atoms with Crippen LogP contribution in [0.3, 0.4) is 0 Å². The molecule has 0 atom stereocenters. The minimum Gasteiger partial charge on any atom is -0.402 e. The Bertz CT molecular complexity index is 80.4. The molecule has 4 N–H and O–H groups in total. The zero-order valence-electron chi connectivity index (χ0n) is 5.66. The normalized spacial score (nSPS) is 11.7. The third kappa shape index (κ3) is 7.90. The van der Waals surface area contributed by atoms with Crippen LogP contribution in [0.25, 0.3) is 0 Å². The van der Waals surface area contributed by atoms with Gasteiger partial charge in [0, 0.05) is 5.54 Å². The summed E-state index contributed by atoms with van der Waals surface area (Å²) in [6.45, 7) is 3.59. The molecule has 0 aromatic heterocycles. The number of rotatable bonds is 3. The van der Waals surface area contributed by atoms with Crippen LogP contribution in [0.4, 0.5) is 0 Å². The van der Waals surface area contributed by atoms with Crippen molar-refractivity contribution in [3.63, 3.8) is 0 Å². The fourth-order valence-electron chi connectivity index (χ4n) is 0.289. The molecule has 0 aliphatic carbocycles. The van der Waals surface area contributed by atoms with Crippen LogP contribution < -0.4 is 5.73 Å². The standard InChI is InChI=1S/C4H12BNO3/c1-4(2,6)3-9-5(7)8/h7-8H,3,6H2,1-2H3. The molecular formula is C4H12BNO3. The molecule has 0 heterocycles. The Morgan fingerprint density at radius 1 is 1.56 bits per heavy atom. The topological polar surface area (TPSA) is 75.7 Å². The fourth-order valence-corrected chi connectivity index (χ4v) is 0.289. The Balaban J connectivity index is 3.28. The summed E-state index contributed by atoms with van der Waals surface area (Å²) in [5.41, 5.74) is 4.93. The first kappa shape index (κ1) is 8.90. The van der Waals surface area contributed by atoms with Crippen LogP contribution >= 0.6 is 0 Å². The fraction of sp³-hybridized carbons (Fsp3) is 1.00. The van der Waals surface area contributed by atoms with Gasteiger partial charge < -0.3 is 20.4 Å². The van der Waals surface area contributed by atoms with Crippen molar-refractivity contribution < 1.29 is 14.7 Å². The molecule has 0 unspecified atom stereocenters. The molecule has 0 spiro atoms. The average Bonchev–Trinajstić information content (AvgIpc) is 1.59. The largest absolute Gasteiger partial charge is 0.633 e. The van der Waals surface area contributed by atoms with Crippen molar-refractivity contribution in [3.8, 4) is 0 Å². The van der Waals surface area contributed by atoms with Gasteiger partial charge in [0.05, 0.1) is 6.61 Å². The van der Waals surface area contributed by atoms with Crippen molar-refractivity contribution in [2.45, 2.75) is 19.4 Å². The smallest absolute Gasteiger partial charge is 0.402 e. The van der Waals surface area contributed by atoms with Crippen molar-refractivity contribution in [3.05, 3.63) is 0 Å². The maximum Gasteiger partial charge on any atom is 0.633 e. The second-order valence-corrected chi connectivity index (χ2v) is 2.63. The molecule has 0 bridgehead atoms. The van der Waals surface area contributed by atoms with Crippen molar-refractivity contribution in [1.82, 2.24) is 0 Å². The molecule has 0 amide bonds. The van der Waals surface area contributed by atoms with Gasteiger partial charge in [-0.2, -0.15) is 0 Å². The van der Waals surface area contributed by atoms with Gasteiger partial charge in [0.2, 0.25) is 0 Å². The molecule has 0 aliphatic rings. The lowest BCUT2D eigenvalue weighted by Crippen LogP contribution is -2.40. The molecule has 0 saturated heterocycles. The van der Waals surface area contributed by atoms with Crippen molar-refractivity contribution in [1.29, 1.82) is 0 Å². The number of hydrogen-bond acceptors (Lipinski definition) is 4. The number of hydrogen-bond donors (Lipinski definition) is 3. The first-order valence-corrected chi connectivity index (χ1v) is 2.68. The lowest BCUT2D eigenvalue weighted by Gasteiger charge is -2.17. The molecule has 0 aromatic carbocycles. The highest BCUT2D eigenvalue weighted by atomic mass is 16.6. The van der Waals surface area contributed by atoms with Gasteiger partial charge in [0.25, 0.3) is 0 Å². The van der Waals surface area contributed by atoms with Crippen molar-refractivity contribution in [2.24, 2.45) is 5.73 Å². The third-order valence-electron chi connectivity index (χ3n) is 0.604. The minimum absolute atomic E-state index is 0.130. The Morgan fingerprint density at radius 2 is 2.00 bits per heavy atom. The molecule has 4 nitrogen and oxygen atoms in total. The van der Waals surface area contributed by atoms with E-state index in [1.165, 1.54) is 0 Å². The molecule has 5 heteroatoms. The molecule has 54 valence electrons. The lowest BCUT2D eigenvalue weighted by molar-refractivity contribution is 0.152. The van der Waals surface area contributed by atoms with Crippen LogP contribution in [0.5, 0.6) is 0 Å². The van der Waals surface area contributed by atoms with Gasteiger partial charge in [-0.3, -0.25) is 0 Å². The predicted octanol–water partition coefficient (Wildman–Crippen LogP) is -1.29. The van der Waals surface area contributed by atoms with E-state index in [-0.39, 0.29) is 6.61 Å². The molecule has 0 aliphatic heterocycles. The summed E-state index contributed by atoms with van der Waals surface area (Å²) in [4.78, 5) is 0. The van der Waals surface area contributed by atoms with Gasteiger partial charge in [-0.15, -0.1) is 0 Å². The Kier molecular flexibility index (Phi) is 3.14. The maximum atomic E-state index is 8.19. The van der Waals surface area contributed by atoms with Crippen molar-refractivity contribution in [2.75, 3.05) is 6.61 Å². The van der Waals surface area contributed by atoms with Crippen LogP contribution in [-0.4, -0.2) is 29.5 Å². The Labute approximate surface area is 54.8 Å². The summed E-state index contributed by atoms with van der Waals surface area (Å²) in [6, 6.07) is 0. The van der Waals surface area contributed by atoms with E-state index in [9.17, 15) is 0 Å². The van der Waals surface area contributed by atoms with Gasteiger partial charge in [-0.25, -0.2) is 0 Å². The van der Waals surface area contributed by atoms with Gasteiger partial charge in [-0.05, 0) is 13.8 Å². The quantitative estimate of drug-likeness (QED) is 0.418. The van der Waals surface area contributed by atoms with Crippen LogP contribution in [-0.2, 0) is 4.65 Å². The molecule has 0 rings (SSSR count). The summed E-state index contributed by atoms with van der Waals surface area (Å²) in [7, 11) is -1.71. The summed E-state index contributed by atoms with van der Waals surface area (Å²) in [6.07, 6.45) is 0. The molecular weight excluding hydrogens is 121 g/mol. The first-order valence-electron chi connectivity index (χ1n) is 2.68. The minimum atomic E-state index is -1.71. The molecule has 0 radical (unpaired) electrons. The van der Waals surface area contributed by atoms with Crippen molar-refractivity contribution >= 4 is 7.32 Å². The molecule has 0 aromatic rings. The van der Waals surface area contributed by atoms with E-state index < -0.39 is 12.9 Å². The second kappa shape index (κ2) is 3.17. The highest BCUT2D eigenvalue weighted by Gasteiger charge is 2.16. The van der Waals surface area contributed by atoms with Gasteiger partial charge in [0.15, 0.2) is 0 Å². The Hall–Kier alpha value is -0.0951. The van der Waals surface area contributed by atoms with E-state index in [0.717, 1.165) is 0 Å². The summed E-state index contributed by atoms with van der Waals surface area (Å²) in [5.74, 6) is 0. The van der Waals surface area contributed by atoms with Gasteiger partial charge in [-0.1, -0.05) is 0 Å². The molecule has 0 saturated carbocycles. The second-order valence-electron chi connectivity index (χ2n) is 2.63.